The van der Waals surface area contributed by atoms with Crippen LogP contribution in [-0.2, 0) is 8.96 Å². The van der Waals surface area contributed by atoms with E-state index in [2.05, 4.69) is 16.5 Å². The lowest BCUT2D eigenvalue weighted by molar-refractivity contribution is 1.41. The van der Waals surface area contributed by atoms with Crippen LogP contribution in [0, 0.1) is 0 Å². The van der Waals surface area contributed by atoms with Gasteiger partial charge in [-0.3, -0.25) is 0 Å². The highest BCUT2D eigenvalue weighted by atomic mass is 33.5. The molecule has 0 aliphatic carbocycles. The minimum absolute atomic E-state index is 0.404. The molecule has 8 heavy (non-hydrogen) atoms. The Morgan fingerprint density at radius 1 is 1.75 bits per heavy atom. The predicted octanol–water partition coefficient (Wildman–Crippen LogP) is 1.80. The SMILES string of the molecule is C1=CC2=NCS[S+]2S1. The van der Waals surface area contributed by atoms with Crippen LogP contribution in [0.15, 0.2) is 16.5 Å². The molecular weight excluding hydrogens is 158 g/mol. The number of hydrogen-bond acceptors (Lipinski definition) is 3. The van der Waals surface area contributed by atoms with Crippen molar-refractivity contribution in [1.82, 2.24) is 0 Å². The third-order valence-corrected chi connectivity index (χ3v) is 6.80. The maximum absolute atomic E-state index is 4.28. The minimum atomic E-state index is 0.404. The van der Waals surface area contributed by atoms with Gasteiger partial charge in [0.25, 0.3) is 5.04 Å². The van der Waals surface area contributed by atoms with Crippen LogP contribution in [0.25, 0.3) is 0 Å². The largest absolute Gasteiger partial charge is 0.270 e. The normalized spacial score (nSPS) is 33.0. The van der Waals surface area contributed by atoms with Crippen LogP contribution >= 0.6 is 21.6 Å². The summed E-state index contributed by atoms with van der Waals surface area (Å²) in [5.74, 6) is 0.982. The molecule has 0 spiro atoms. The zero-order valence-electron chi connectivity index (χ0n) is 4.03. The highest BCUT2D eigenvalue weighted by Crippen LogP contribution is 2.40. The first-order valence-electron chi connectivity index (χ1n) is 2.22. The first-order valence-corrected chi connectivity index (χ1v) is 6.35. The maximum Gasteiger partial charge on any atom is 0.270 e. The van der Waals surface area contributed by atoms with Crippen molar-refractivity contribution in [2.24, 2.45) is 4.99 Å². The molecule has 2 aliphatic rings. The van der Waals surface area contributed by atoms with Crippen LogP contribution in [0.5, 0.6) is 0 Å². The lowest BCUT2D eigenvalue weighted by atomic mass is 10.7. The molecule has 2 aliphatic heterocycles. The average molecular weight is 162 g/mol. The Hall–Kier alpha value is 0.460. The van der Waals surface area contributed by atoms with E-state index in [1.807, 2.05) is 21.6 Å². The molecule has 1 atom stereocenters. The van der Waals surface area contributed by atoms with Gasteiger partial charge in [0.15, 0.2) is 8.96 Å². The molecule has 0 saturated heterocycles. The summed E-state index contributed by atoms with van der Waals surface area (Å²) in [4.78, 5) is 4.28. The highest BCUT2D eigenvalue weighted by molar-refractivity contribution is 9.12. The van der Waals surface area contributed by atoms with Crippen molar-refractivity contribution in [1.29, 1.82) is 0 Å². The molecule has 0 aromatic heterocycles. The van der Waals surface area contributed by atoms with Gasteiger partial charge >= 0.3 is 0 Å². The summed E-state index contributed by atoms with van der Waals surface area (Å²) in [6, 6.07) is 0. The summed E-state index contributed by atoms with van der Waals surface area (Å²) in [5.41, 5.74) is 0. The predicted molar refractivity (Wildman–Crippen MR) is 44.0 cm³/mol. The average Bonchev–Trinajstić information content (AvgIpc) is 2.15. The third-order valence-electron chi connectivity index (χ3n) is 0.904. The maximum atomic E-state index is 4.28. The molecule has 0 aromatic carbocycles. The van der Waals surface area contributed by atoms with Crippen molar-refractivity contribution in [2.75, 3.05) is 5.88 Å². The van der Waals surface area contributed by atoms with Gasteiger partial charge in [0.05, 0.1) is 0 Å². The van der Waals surface area contributed by atoms with E-state index in [1.54, 1.807) is 0 Å². The second kappa shape index (κ2) is 2.01. The molecular formula is C4H4NS3+. The Kier molecular flexibility index (Phi) is 1.32. The van der Waals surface area contributed by atoms with E-state index in [4.69, 9.17) is 0 Å². The van der Waals surface area contributed by atoms with Gasteiger partial charge < -0.3 is 0 Å². The fourth-order valence-electron chi connectivity index (χ4n) is 0.573. The fraction of sp³-hybridized carbons (Fsp3) is 0.250. The van der Waals surface area contributed by atoms with Crippen molar-refractivity contribution < 1.29 is 0 Å². The Bertz CT molecular complexity index is 163. The van der Waals surface area contributed by atoms with Gasteiger partial charge in [-0.25, -0.2) is 4.99 Å². The van der Waals surface area contributed by atoms with E-state index in [9.17, 15) is 0 Å². The number of fused-ring (bicyclic) bond motifs is 1. The number of hydrogen-bond donors (Lipinski definition) is 0. The summed E-state index contributed by atoms with van der Waals surface area (Å²) in [5, 5.41) is 3.44. The monoisotopic (exact) mass is 162 g/mol. The molecule has 1 unspecified atom stereocenters. The van der Waals surface area contributed by atoms with E-state index in [-0.39, 0.29) is 0 Å². The van der Waals surface area contributed by atoms with E-state index >= 15 is 0 Å². The minimum Gasteiger partial charge on any atom is -0.222 e. The summed E-state index contributed by atoms with van der Waals surface area (Å²) in [7, 11) is 4.23. The molecule has 0 N–H and O–H groups in total. The number of nitrogens with zero attached hydrogens (tertiary/aromatic N) is 1. The molecule has 0 radical (unpaired) electrons. The Balaban J connectivity index is 2.31. The highest BCUT2D eigenvalue weighted by Gasteiger charge is 2.37. The second-order valence-corrected chi connectivity index (χ2v) is 7.14. The van der Waals surface area contributed by atoms with Crippen molar-refractivity contribution >= 4 is 35.6 Å². The van der Waals surface area contributed by atoms with Crippen molar-refractivity contribution in [2.45, 2.75) is 0 Å². The molecule has 1 nitrogen and oxygen atoms in total. The lowest BCUT2D eigenvalue weighted by Crippen LogP contribution is -1.90. The van der Waals surface area contributed by atoms with Gasteiger partial charge in [0, 0.05) is 11.5 Å². The molecule has 42 valence electrons. The van der Waals surface area contributed by atoms with Gasteiger partial charge in [-0.05, 0) is 0 Å². The van der Waals surface area contributed by atoms with Gasteiger partial charge in [-0.15, -0.1) is 0 Å². The second-order valence-electron chi connectivity index (χ2n) is 1.38. The molecule has 0 bridgehead atoms. The fourth-order valence-corrected chi connectivity index (χ4v) is 5.62. The van der Waals surface area contributed by atoms with Crippen LogP contribution in [-0.4, -0.2) is 10.9 Å². The Labute approximate surface area is 58.2 Å². The lowest BCUT2D eigenvalue weighted by Gasteiger charge is -1.78. The van der Waals surface area contributed by atoms with Crippen LogP contribution < -0.4 is 0 Å². The van der Waals surface area contributed by atoms with Crippen molar-refractivity contribution in [3.8, 4) is 0 Å². The van der Waals surface area contributed by atoms with Crippen molar-refractivity contribution in [3.63, 3.8) is 0 Å². The van der Waals surface area contributed by atoms with Gasteiger partial charge in [-0.2, -0.15) is 0 Å². The van der Waals surface area contributed by atoms with E-state index in [0.717, 1.165) is 5.88 Å². The molecule has 0 aromatic rings. The molecule has 0 amide bonds. The summed E-state index contributed by atoms with van der Waals surface area (Å²) in [6.45, 7) is 0. The standard InChI is InChI=1S/C4H4NS3/c1-2-6-8-4(1)5-3-7-8/h1-2H,3H2/q+1. The summed E-state index contributed by atoms with van der Waals surface area (Å²) in [6.07, 6.45) is 2.12. The number of rotatable bonds is 0. The molecule has 2 rings (SSSR count). The van der Waals surface area contributed by atoms with Gasteiger partial charge in [0.1, 0.15) is 27.5 Å². The van der Waals surface area contributed by atoms with Crippen LogP contribution in [0.1, 0.15) is 0 Å². The molecule has 2 heterocycles. The quantitative estimate of drug-likeness (QED) is 0.398. The molecule has 4 heteroatoms. The van der Waals surface area contributed by atoms with Crippen LogP contribution in [0.3, 0.4) is 0 Å². The Morgan fingerprint density at radius 3 is 3.62 bits per heavy atom. The molecule has 0 fully saturated rings. The van der Waals surface area contributed by atoms with E-state index in [1.165, 1.54) is 5.04 Å². The van der Waals surface area contributed by atoms with Gasteiger partial charge in [0.2, 0.25) is 0 Å². The smallest absolute Gasteiger partial charge is 0.222 e. The van der Waals surface area contributed by atoms with Gasteiger partial charge in [-0.1, -0.05) is 0 Å². The first-order chi connectivity index (χ1) is 3.97. The van der Waals surface area contributed by atoms with E-state index in [0.29, 0.717) is 8.96 Å². The van der Waals surface area contributed by atoms with E-state index < -0.39 is 0 Å². The van der Waals surface area contributed by atoms with Crippen molar-refractivity contribution in [3.05, 3.63) is 11.5 Å². The Morgan fingerprint density at radius 2 is 2.75 bits per heavy atom. The summed E-state index contributed by atoms with van der Waals surface area (Å²) >= 11 is 0. The number of aliphatic imine (C=N–C) groups is 1. The summed E-state index contributed by atoms with van der Waals surface area (Å²) < 4.78 is 0. The molecule has 0 saturated carbocycles. The van der Waals surface area contributed by atoms with Crippen LogP contribution in [0.4, 0.5) is 0 Å². The topological polar surface area (TPSA) is 12.4 Å². The zero-order valence-corrected chi connectivity index (χ0v) is 6.48. The first kappa shape index (κ1) is 5.26. The zero-order chi connectivity index (χ0) is 5.40. The van der Waals surface area contributed by atoms with Crippen LogP contribution in [0.2, 0.25) is 0 Å². The third kappa shape index (κ3) is 0.711.